The molecular weight excluding hydrogens is 869 g/mol. The number of nitrogens with one attached hydrogen (secondary N) is 2. The number of hydrogen-bond acceptors (Lipinski definition) is 10. The number of amides is 4. The van der Waals surface area contributed by atoms with E-state index in [1.807, 2.05) is 73.7 Å². The van der Waals surface area contributed by atoms with E-state index in [1.54, 1.807) is 78.9 Å². The fourth-order valence-electron chi connectivity index (χ4n) is 8.85. The molecule has 0 saturated carbocycles. The standard InChI is InChI=1S/C27H24N6O2.C26H24N6O2/c1-3-6-24(34)32-14-12-21(17-32)26-31-25(22-16-28-15-18(2)33(22)26)19-8-10-20(11-9-19)27(35)30-23-7-4-5-13-29-23;1-3-23(33)31-13-11-20(16-31)25-30-24(21-15-27-14-17(2)32(21)25)18-7-9-19(10-8-18)26(34)29-22-6-4-5-12-28-22/h4-5,7-11,13,15-16,21H,12,14,17H2,1-2H3,(H,29,30,35);3-10,12,14-15,20H,1,11,13,16H2,2H3,(H,28,29,34)/t21-;20-/m11/s1. The minimum absolute atomic E-state index is 0.0541. The number of rotatable bonds is 9. The molecule has 0 aliphatic carbocycles. The Kier molecular flexibility index (Phi) is 13.1. The molecule has 6 aromatic heterocycles. The lowest BCUT2D eigenvalue weighted by molar-refractivity contribution is -0.125. The third-order valence-electron chi connectivity index (χ3n) is 12.3. The Balaban J connectivity index is 0.000000172. The number of nitrogens with zero attached hydrogens (tertiary/aromatic N) is 10. The van der Waals surface area contributed by atoms with Gasteiger partial charge in [-0.05, 0) is 94.1 Å². The number of carbonyl (C=O) groups is 4. The highest BCUT2D eigenvalue weighted by molar-refractivity contribution is 6.05. The Hall–Kier alpha value is -8.84. The summed E-state index contributed by atoms with van der Waals surface area (Å²) in [5, 5.41) is 5.59. The van der Waals surface area contributed by atoms with Crippen LogP contribution < -0.4 is 10.6 Å². The van der Waals surface area contributed by atoms with Gasteiger partial charge in [-0.25, -0.2) is 19.9 Å². The molecule has 10 rings (SSSR count). The molecule has 2 atom stereocenters. The second-order valence-corrected chi connectivity index (χ2v) is 16.8. The second-order valence-electron chi connectivity index (χ2n) is 16.8. The topological polar surface area (TPSA) is 185 Å². The molecule has 8 aromatic rings. The lowest BCUT2D eigenvalue weighted by Crippen LogP contribution is -2.27. The van der Waals surface area contributed by atoms with E-state index in [9.17, 15) is 19.2 Å². The number of aryl methyl sites for hydroxylation is 2. The van der Waals surface area contributed by atoms with E-state index in [-0.39, 0.29) is 35.5 Å². The first-order valence-electron chi connectivity index (χ1n) is 22.5. The van der Waals surface area contributed by atoms with E-state index in [0.29, 0.717) is 48.9 Å². The summed E-state index contributed by atoms with van der Waals surface area (Å²) >= 11 is 0. The predicted octanol–water partition coefficient (Wildman–Crippen LogP) is 7.55. The van der Waals surface area contributed by atoms with Crippen molar-refractivity contribution in [2.24, 2.45) is 0 Å². The molecule has 2 saturated heterocycles. The molecule has 69 heavy (non-hydrogen) atoms. The van der Waals surface area contributed by atoms with Crippen molar-refractivity contribution in [3.8, 4) is 34.4 Å². The zero-order valence-electron chi connectivity index (χ0n) is 38.3. The van der Waals surface area contributed by atoms with Gasteiger partial charge in [0.05, 0.1) is 34.8 Å². The van der Waals surface area contributed by atoms with Crippen LogP contribution in [0.2, 0.25) is 0 Å². The molecule has 2 fully saturated rings. The Labute approximate surface area is 398 Å². The molecule has 2 N–H and O–H groups in total. The van der Waals surface area contributed by atoms with E-state index in [0.717, 1.165) is 69.4 Å². The molecule has 344 valence electrons. The molecule has 0 unspecified atom stereocenters. The molecule has 16 nitrogen and oxygen atoms in total. The SMILES string of the molecule is C=CC(=O)N1CC[C@@H](c2nc(-c3ccc(C(=O)Nc4ccccn4)cc3)c3cncc(C)n23)C1.CC#CC(=O)N1CC[C@@H](c2nc(-c3ccc(C(=O)Nc4ccccn4)cc3)c3cncc(C)n23)C1. The third kappa shape index (κ3) is 9.56. The number of imidazole rings is 2. The van der Waals surface area contributed by atoms with Gasteiger partial charge in [0.2, 0.25) is 5.91 Å². The molecule has 0 bridgehead atoms. The molecule has 16 heteroatoms. The van der Waals surface area contributed by atoms with Crippen LogP contribution in [-0.4, -0.2) is 98.3 Å². The van der Waals surface area contributed by atoms with Crippen molar-refractivity contribution in [1.29, 1.82) is 0 Å². The zero-order chi connectivity index (χ0) is 48.0. The van der Waals surface area contributed by atoms with Gasteiger partial charge in [0.25, 0.3) is 17.7 Å². The largest absolute Gasteiger partial charge is 0.338 e. The lowest BCUT2D eigenvalue weighted by atomic mass is 10.1. The molecule has 0 radical (unpaired) electrons. The van der Waals surface area contributed by atoms with Gasteiger partial charge in [-0.15, -0.1) is 0 Å². The fourth-order valence-corrected chi connectivity index (χ4v) is 8.85. The molecular formula is C53H48N12O4. The van der Waals surface area contributed by atoms with Crippen LogP contribution in [0.15, 0.2) is 135 Å². The van der Waals surface area contributed by atoms with Gasteiger partial charge >= 0.3 is 0 Å². The molecule has 2 aliphatic rings. The monoisotopic (exact) mass is 916 g/mol. The number of carbonyl (C=O) groups excluding carboxylic acids is 4. The maximum absolute atomic E-state index is 12.6. The van der Waals surface area contributed by atoms with Crippen molar-refractivity contribution in [2.45, 2.75) is 45.4 Å². The number of likely N-dealkylation sites (tertiary alicyclic amines) is 2. The Morgan fingerprint density at radius 1 is 0.638 bits per heavy atom. The van der Waals surface area contributed by atoms with E-state index >= 15 is 0 Å². The zero-order valence-corrected chi connectivity index (χ0v) is 38.3. The Bertz CT molecular complexity index is 3280. The van der Waals surface area contributed by atoms with Crippen LogP contribution in [0.5, 0.6) is 0 Å². The van der Waals surface area contributed by atoms with E-state index in [4.69, 9.17) is 9.97 Å². The van der Waals surface area contributed by atoms with Gasteiger partial charge in [-0.3, -0.25) is 37.9 Å². The van der Waals surface area contributed by atoms with Crippen molar-refractivity contribution in [1.82, 2.24) is 48.5 Å². The van der Waals surface area contributed by atoms with Crippen molar-refractivity contribution in [2.75, 3.05) is 36.8 Å². The highest BCUT2D eigenvalue weighted by Gasteiger charge is 2.32. The van der Waals surface area contributed by atoms with Crippen molar-refractivity contribution in [3.05, 3.63) is 169 Å². The van der Waals surface area contributed by atoms with Gasteiger partial charge in [-0.2, -0.15) is 0 Å². The highest BCUT2D eigenvalue weighted by Crippen LogP contribution is 2.35. The highest BCUT2D eigenvalue weighted by atomic mass is 16.2. The molecule has 2 aromatic carbocycles. The number of pyridine rings is 2. The summed E-state index contributed by atoms with van der Waals surface area (Å²) in [6.45, 7) is 11.8. The second kappa shape index (κ2) is 19.9. The average molecular weight is 917 g/mol. The smallest absolute Gasteiger partial charge is 0.298 e. The Morgan fingerprint density at radius 2 is 1.10 bits per heavy atom. The molecule has 0 spiro atoms. The lowest BCUT2D eigenvalue weighted by Gasteiger charge is -2.14. The predicted molar refractivity (Wildman–Crippen MR) is 262 cm³/mol. The van der Waals surface area contributed by atoms with Crippen molar-refractivity contribution in [3.63, 3.8) is 0 Å². The van der Waals surface area contributed by atoms with Crippen LogP contribution in [0.25, 0.3) is 33.5 Å². The minimum Gasteiger partial charge on any atom is -0.338 e. The number of anilines is 2. The maximum Gasteiger partial charge on any atom is 0.298 e. The number of hydrogen-bond donors (Lipinski definition) is 2. The molecule has 8 heterocycles. The summed E-state index contributed by atoms with van der Waals surface area (Å²) in [6.07, 6.45) is 13.5. The van der Waals surface area contributed by atoms with Gasteiger partial charge in [0.15, 0.2) is 0 Å². The van der Waals surface area contributed by atoms with Crippen molar-refractivity contribution >= 4 is 46.3 Å². The normalized spacial score (nSPS) is 15.2. The Morgan fingerprint density at radius 3 is 1.54 bits per heavy atom. The first-order chi connectivity index (χ1) is 33.6. The average Bonchev–Trinajstić information content (AvgIpc) is 4.21. The quantitative estimate of drug-likeness (QED) is 0.108. The summed E-state index contributed by atoms with van der Waals surface area (Å²) in [6, 6.07) is 25.4. The fraction of sp³-hybridized carbons (Fsp3) is 0.208. The van der Waals surface area contributed by atoms with Gasteiger partial charge in [-0.1, -0.05) is 48.9 Å². The summed E-state index contributed by atoms with van der Waals surface area (Å²) in [4.78, 5) is 80.2. The van der Waals surface area contributed by atoms with Gasteiger partial charge in [0.1, 0.15) is 23.3 Å². The first kappa shape index (κ1) is 45.3. The summed E-state index contributed by atoms with van der Waals surface area (Å²) < 4.78 is 4.24. The third-order valence-corrected chi connectivity index (χ3v) is 12.3. The molecule has 4 amide bonds. The van der Waals surface area contributed by atoms with Crippen LogP contribution in [0.1, 0.15) is 75.4 Å². The maximum atomic E-state index is 12.6. The number of benzene rings is 2. The molecule has 2 aliphatic heterocycles. The minimum atomic E-state index is -0.228. The van der Waals surface area contributed by atoms with Gasteiger partial charge < -0.3 is 20.4 Å². The van der Waals surface area contributed by atoms with Crippen LogP contribution in [-0.2, 0) is 9.59 Å². The van der Waals surface area contributed by atoms with Gasteiger partial charge in [0, 0.05) is 96.4 Å². The summed E-state index contributed by atoms with van der Waals surface area (Å²) in [7, 11) is 0. The van der Waals surface area contributed by atoms with E-state index in [1.165, 1.54) is 6.08 Å². The van der Waals surface area contributed by atoms with Crippen LogP contribution in [0.4, 0.5) is 11.6 Å². The summed E-state index contributed by atoms with van der Waals surface area (Å²) in [5.41, 5.74) is 8.18. The summed E-state index contributed by atoms with van der Waals surface area (Å²) in [5.74, 6) is 7.72. The van der Waals surface area contributed by atoms with Crippen molar-refractivity contribution < 1.29 is 19.2 Å². The van der Waals surface area contributed by atoms with Crippen LogP contribution >= 0.6 is 0 Å². The van der Waals surface area contributed by atoms with E-state index < -0.39 is 0 Å². The number of fused-ring (bicyclic) bond motifs is 2. The number of aromatic nitrogens is 8. The first-order valence-corrected chi connectivity index (χ1v) is 22.5. The van der Waals surface area contributed by atoms with E-state index in [2.05, 4.69) is 57.8 Å². The van der Waals surface area contributed by atoms with Crippen LogP contribution in [0, 0.1) is 25.7 Å². The van der Waals surface area contributed by atoms with Crippen LogP contribution in [0.3, 0.4) is 0 Å².